The summed E-state index contributed by atoms with van der Waals surface area (Å²) in [5.74, 6) is 0.418. The van der Waals surface area contributed by atoms with E-state index in [1.807, 2.05) is 29.1 Å². The van der Waals surface area contributed by atoms with Gasteiger partial charge in [0.1, 0.15) is 0 Å². The molecule has 2 aromatic rings. The van der Waals surface area contributed by atoms with E-state index in [1.165, 1.54) is 0 Å². The maximum Gasteiger partial charge on any atom is 0.0876 e. The molecule has 0 aliphatic rings. The Hall–Kier alpha value is -1.32. The quantitative estimate of drug-likeness (QED) is 0.902. The summed E-state index contributed by atoms with van der Waals surface area (Å²) in [7, 11) is 0. The molecule has 1 aromatic carbocycles. The molecule has 0 bridgehead atoms. The maximum absolute atomic E-state index is 6.34. The number of para-hydroxylation sites is 1. The van der Waals surface area contributed by atoms with Crippen molar-refractivity contribution in [1.29, 1.82) is 0 Å². The van der Waals surface area contributed by atoms with Crippen molar-refractivity contribution in [1.82, 2.24) is 15.1 Å². The highest BCUT2D eigenvalue weighted by Gasteiger charge is 2.11. The highest BCUT2D eigenvalue weighted by Crippen LogP contribution is 2.25. The molecule has 0 amide bonds. The Bertz CT molecular complexity index is 546. The van der Waals surface area contributed by atoms with Gasteiger partial charge in [0, 0.05) is 12.7 Å². The Kier molecular flexibility index (Phi) is 4.61. The van der Waals surface area contributed by atoms with Gasteiger partial charge in [-0.1, -0.05) is 44.5 Å². The van der Waals surface area contributed by atoms with E-state index in [4.69, 9.17) is 11.6 Å². The molecule has 2 rings (SSSR count). The van der Waals surface area contributed by atoms with Gasteiger partial charge in [-0.05, 0) is 30.2 Å². The van der Waals surface area contributed by atoms with Crippen LogP contribution in [-0.4, -0.2) is 16.3 Å². The SMILES string of the molecule is CCNCc1cccc(Cl)c1-n1ccc(C(C)C)n1. The smallest absolute Gasteiger partial charge is 0.0876 e. The highest BCUT2D eigenvalue weighted by atomic mass is 35.5. The van der Waals surface area contributed by atoms with E-state index in [0.717, 1.165) is 35.1 Å². The van der Waals surface area contributed by atoms with Gasteiger partial charge in [-0.3, -0.25) is 0 Å². The van der Waals surface area contributed by atoms with Gasteiger partial charge in [0.15, 0.2) is 0 Å². The van der Waals surface area contributed by atoms with E-state index in [0.29, 0.717) is 5.92 Å². The number of rotatable bonds is 5. The van der Waals surface area contributed by atoms with E-state index in [-0.39, 0.29) is 0 Å². The molecule has 0 saturated carbocycles. The predicted molar refractivity (Wildman–Crippen MR) is 80.0 cm³/mol. The van der Waals surface area contributed by atoms with Crippen LogP contribution in [0.4, 0.5) is 0 Å². The summed E-state index contributed by atoms with van der Waals surface area (Å²) in [6, 6.07) is 8.01. The zero-order valence-electron chi connectivity index (χ0n) is 11.7. The van der Waals surface area contributed by atoms with Crippen molar-refractivity contribution in [2.24, 2.45) is 0 Å². The number of halogens is 1. The minimum Gasteiger partial charge on any atom is -0.313 e. The molecule has 19 heavy (non-hydrogen) atoms. The molecule has 0 saturated heterocycles. The number of benzene rings is 1. The van der Waals surface area contributed by atoms with Crippen LogP contribution in [0.15, 0.2) is 30.5 Å². The van der Waals surface area contributed by atoms with E-state index >= 15 is 0 Å². The first kappa shape index (κ1) is 14.1. The van der Waals surface area contributed by atoms with E-state index < -0.39 is 0 Å². The summed E-state index contributed by atoms with van der Waals surface area (Å²) in [6.07, 6.45) is 1.98. The Morgan fingerprint density at radius 1 is 1.32 bits per heavy atom. The van der Waals surface area contributed by atoms with Gasteiger partial charge in [-0.15, -0.1) is 0 Å². The van der Waals surface area contributed by atoms with Crippen molar-refractivity contribution in [3.05, 3.63) is 46.7 Å². The second-order valence-electron chi connectivity index (χ2n) is 4.87. The first-order chi connectivity index (χ1) is 9.13. The van der Waals surface area contributed by atoms with Crippen LogP contribution in [0.5, 0.6) is 0 Å². The molecule has 1 aromatic heterocycles. The summed E-state index contributed by atoms with van der Waals surface area (Å²) in [4.78, 5) is 0. The summed E-state index contributed by atoms with van der Waals surface area (Å²) in [5, 5.41) is 8.68. The van der Waals surface area contributed by atoms with Crippen molar-refractivity contribution in [3.63, 3.8) is 0 Å². The Morgan fingerprint density at radius 3 is 2.74 bits per heavy atom. The van der Waals surface area contributed by atoms with Crippen LogP contribution in [0, 0.1) is 0 Å². The lowest BCUT2D eigenvalue weighted by Gasteiger charge is -2.12. The molecular weight excluding hydrogens is 258 g/mol. The van der Waals surface area contributed by atoms with Crippen molar-refractivity contribution < 1.29 is 0 Å². The number of aromatic nitrogens is 2. The van der Waals surface area contributed by atoms with Crippen LogP contribution < -0.4 is 5.32 Å². The van der Waals surface area contributed by atoms with Gasteiger partial charge in [-0.2, -0.15) is 5.10 Å². The van der Waals surface area contributed by atoms with Crippen LogP contribution in [0.1, 0.15) is 37.9 Å². The van der Waals surface area contributed by atoms with Gasteiger partial charge in [0.25, 0.3) is 0 Å². The van der Waals surface area contributed by atoms with Crippen LogP contribution in [0.25, 0.3) is 5.69 Å². The lowest BCUT2D eigenvalue weighted by atomic mass is 10.1. The molecule has 3 nitrogen and oxygen atoms in total. The fourth-order valence-corrected chi connectivity index (χ4v) is 2.27. The monoisotopic (exact) mass is 277 g/mol. The minimum absolute atomic E-state index is 0.418. The molecule has 0 aliphatic heterocycles. The largest absolute Gasteiger partial charge is 0.313 e. The molecule has 0 aliphatic carbocycles. The number of nitrogens with zero attached hydrogens (tertiary/aromatic N) is 2. The zero-order valence-corrected chi connectivity index (χ0v) is 12.4. The van der Waals surface area contributed by atoms with Gasteiger partial charge in [-0.25, -0.2) is 4.68 Å². The third-order valence-electron chi connectivity index (χ3n) is 3.07. The van der Waals surface area contributed by atoms with E-state index in [1.54, 1.807) is 0 Å². The minimum atomic E-state index is 0.418. The second kappa shape index (κ2) is 6.22. The third-order valence-corrected chi connectivity index (χ3v) is 3.37. The van der Waals surface area contributed by atoms with Gasteiger partial charge in [0.05, 0.1) is 16.4 Å². The van der Waals surface area contributed by atoms with Gasteiger partial charge in [0.2, 0.25) is 0 Å². The molecule has 102 valence electrons. The molecule has 4 heteroatoms. The van der Waals surface area contributed by atoms with Gasteiger partial charge < -0.3 is 5.32 Å². The molecule has 0 radical (unpaired) electrons. The molecule has 0 spiro atoms. The molecule has 1 heterocycles. The Balaban J connectivity index is 2.41. The maximum atomic E-state index is 6.34. The topological polar surface area (TPSA) is 29.9 Å². The fraction of sp³-hybridized carbons (Fsp3) is 0.400. The molecule has 0 unspecified atom stereocenters. The standard InChI is InChI=1S/C15H20ClN3/c1-4-17-10-12-6-5-7-13(16)15(12)19-9-8-14(18-19)11(2)3/h5-9,11,17H,4,10H2,1-3H3. The summed E-state index contributed by atoms with van der Waals surface area (Å²) in [5.41, 5.74) is 3.21. The number of hydrogen-bond acceptors (Lipinski definition) is 2. The number of nitrogens with one attached hydrogen (secondary N) is 1. The number of hydrogen-bond donors (Lipinski definition) is 1. The van der Waals surface area contributed by atoms with E-state index in [2.05, 4.69) is 37.3 Å². The average Bonchev–Trinajstić information content (AvgIpc) is 2.85. The molecule has 1 N–H and O–H groups in total. The lowest BCUT2D eigenvalue weighted by molar-refractivity contribution is 0.711. The van der Waals surface area contributed by atoms with Crippen LogP contribution in [0.3, 0.4) is 0 Å². The summed E-state index contributed by atoms with van der Waals surface area (Å²) >= 11 is 6.34. The van der Waals surface area contributed by atoms with E-state index in [9.17, 15) is 0 Å². The Labute approximate surface area is 119 Å². The van der Waals surface area contributed by atoms with Crippen molar-refractivity contribution in [3.8, 4) is 5.69 Å². The lowest BCUT2D eigenvalue weighted by Crippen LogP contribution is -2.14. The van der Waals surface area contributed by atoms with Crippen LogP contribution in [-0.2, 0) is 6.54 Å². The van der Waals surface area contributed by atoms with Crippen LogP contribution in [0.2, 0.25) is 5.02 Å². The first-order valence-electron chi connectivity index (χ1n) is 6.67. The normalized spacial score (nSPS) is 11.2. The summed E-state index contributed by atoms with van der Waals surface area (Å²) < 4.78 is 1.88. The molecule has 0 fully saturated rings. The Morgan fingerprint density at radius 2 is 2.11 bits per heavy atom. The second-order valence-corrected chi connectivity index (χ2v) is 5.27. The zero-order chi connectivity index (χ0) is 13.8. The third kappa shape index (κ3) is 3.17. The summed E-state index contributed by atoms with van der Waals surface area (Å²) in [6.45, 7) is 8.10. The van der Waals surface area contributed by atoms with Gasteiger partial charge >= 0.3 is 0 Å². The van der Waals surface area contributed by atoms with Crippen molar-refractivity contribution in [2.45, 2.75) is 33.2 Å². The fourth-order valence-electron chi connectivity index (χ4n) is 1.99. The van der Waals surface area contributed by atoms with Crippen molar-refractivity contribution >= 4 is 11.6 Å². The van der Waals surface area contributed by atoms with Crippen LogP contribution >= 0.6 is 11.6 Å². The molecule has 0 atom stereocenters. The predicted octanol–water partition coefficient (Wildman–Crippen LogP) is 3.76. The highest BCUT2D eigenvalue weighted by molar-refractivity contribution is 6.32. The first-order valence-corrected chi connectivity index (χ1v) is 7.05. The average molecular weight is 278 g/mol. The molecular formula is C15H20ClN3. The van der Waals surface area contributed by atoms with Crippen molar-refractivity contribution in [2.75, 3.05) is 6.54 Å².